The standard InChI is InChI=1S/C39H47NO14/c1-15-11-10-12-38(8,49)35-20(6)29(44)25(37(48)54-35)28(43)19(5)34(46)39(9,50)13-16(2)31-24-22-23(27(42)18(4)32(24)52-14-51-31)30(45)26(40-36(15)47)17(3)33(22)53-21(7)41/h10-13,19-20,25,28-29,34-35,43-46,49-50H,14H2,1-9H3,(H,40,47)/b12-10-,15-11+,16-13+/t19-,20?,25+,28+,29-,34-,35?,38-,39-/m0/s1. The number of phenols is 1. The van der Waals surface area contributed by atoms with Crippen molar-refractivity contribution in [3.05, 3.63) is 69.2 Å². The van der Waals surface area contributed by atoms with Gasteiger partial charge in [-0.25, -0.2) is 0 Å². The number of hydrogen-bond donors (Lipinski definition) is 7. The number of amides is 1. The van der Waals surface area contributed by atoms with E-state index in [1.807, 2.05) is 0 Å². The van der Waals surface area contributed by atoms with Gasteiger partial charge in [-0.2, -0.15) is 0 Å². The number of aliphatic hydroxyl groups is 5. The Labute approximate surface area is 311 Å². The summed E-state index contributed by atoms with van der Waals surface area (Å²) in [6, 6.07) is 0. The zero-order valence-electron chi connectivity index (χ0n) is 31.5. The minimum absolute atomic E-state index is 0.0103. The van der Waals surface area contributed by atoms with Crippen molar-refractivity contribution in [2.75, 3.05) is 12.1 Å². The lowest BCUT2D eigenvalue weighted by atomic mass is 9.73. The third-order valence-electron chi connectivity index (χ3n) is 10.7. The van der Waals surface area contributed by atoms with Crippen LogP contribution in [0.2, 0.25) is 0 Å². The van der Waals surface area contributed by atoms with Gasteiger partial charge in [0.2, 0.25) is 6.79 Å². The molecule has 292 valence electrons. The molecule has 1 saturated heterocycles. The van der Waals surface area contributed by atoms with Gasteiger partial charge in [0.05, 0.1) is 35.1 Å². The normalized spacial score (nSPS) is 35.9. The van der Waals surface area contributed by atoms with E-state index in [0.29, 0.717) is 0 Å². The van der Waals surface area contributed by atoms with Crippen LogP contribution >= 0.6 is 0 Å². The Morgan fingerprint density at radius 2 is 1.52 bits per heavy atom. The van der Waals surface area contributed by atoms with Gasteiger partial charge >= 0.3 is 11.9 Å². The van der Waals surface area contributed by atoms with E-state index in [1.165, 1.54) is 79.7 Å². The van der Waals surface area contributed by atoms with Crippen LogP contribution < -0.4 is 10.1 Å². The monoisotopic (exact) mass is 753 g/mol. The molecule has 15 heteroatoms. The fourth-order valence-corrected chi connectivity index (χ4v) is 7.59. The molecule has 0 aromatic heterocycles. The van der Waals surface area contributed by atoms with Crippen molar-refractivity contribution in [1.82, 2.24) is 0 Å². The zero-order chi connectivity index (χ0) is 40.4. The number of nitrogens with one attached hydrogen (secondary N) is 1. The highest BCUT2D eigenvalue weighted by Crippen LogP contribution is 2.53. The van der Waals surface area contributed by atoms with Crippen LogP contribution in [0.25, 0.3) is 5.57 Å². The average Bonchev–Trinajstić information content (AvgIpc) is 3.09. The zero-order valence-corrected chi connectivity index (χ0v) is 31.5. The Kier molecular flexibility index (Phi) is 10.8. The van der Waals surface area contributed by atoms with E-state index in [9.17, 15) is 49.8 Å². The van der Waals surface area contributed by atoms with Gasteiger partial charge in [-0.1, -0.05) is 26.0 Å². The number of anilines is 1. The maximum Gasteiger partial charge on any atom is 0.314 e. The summed E-state index contributed by atoms with van der Waals surface area (Å²) in [6.07, 6.45) is -1.21. The number of carbonyl (C=O) groups excluding carboxylic acids is 4. The summed E-state index contributed by atoms with van der Waals surface area (Å²) < 4.78 is 22.9. The van der Waals surface area contributed by atoms with Crippen LogP contribution in [-0.2, 0) is 28.6 Å². The molecule has 1 amide bonds. The number of benzene rings is 1. The lowest BCUT2D eigenvalue weighted by Gasteiger charge is -2.45. The molecule has 2 unspecified atom stereocenters. The van der Waals surface area contributed by atoms with Gasteiger partial charge in [0.15, 0.2) is 11.5 Å². The summed E-state index contributed by atoms with van der Waals surface area (Å²) in [7, 11) is 0. The topological polar surface area (TPSA) is 239 Å². The molecule has 8 rings (SSSR count). The van der Waals surface area contributed by atoms with E-state index in [-0.39, 0.29) is 61.9 Å². The molecule has 54 heavy (non-hydrogen) atoms. The van der Waals surface area contributed by atoms with E-state index in [2.05, 4.69) is 5.32 Å². The number of hydrogen-bond acceptors (Lipinski definition) is 14. The van der Waals surface area contributed by atoms with Crippen LogP contribution in [0.4, 0.5) is 5.69 Å². The number of aromatic hydroxyl groups is 1. The number of Topliss-reactive ketones (excluding diaryl/α,β-unsaturated/α-hetero) is 1. The molecular formula is C39H47NO14. The molecule has 0 spiro atoms. The molecule has 7 N–H and O–H groups in total. The van der Waals surface area contributed by atoms with Crippen molar-refractivity contribution < 1.29 is 68.8 Å². The molecule has 9 atom stereocenters. The van der Waals surface area contributed by atoms with Crippen molar-refractivity contribution >= 4 is 34.9 Å². The Morgan fingerprint density at radius 3 is 2.15 bits per heavy atom. The number of carbonyl (C=O) groups is 4. The highest BCUT2D eigenvalue weighted by molar-refractivity contribution is 6.21. The second-order valence-corrected chi connectivity index (χ2v) is 14.9. The lowest BCUT2D eigenvalue weighted by molar-refractivity contribution is -0.211. The van der Waals surface area contributed by atoms with Crippen molar-refractivity contribution in [3.63, 3.8) is 0 Å². The first-order chi connectivity index (χ1) is 25.0. The smallest absolute Gasteiger partial charge is 0.314 e. The molecule has 15 nitrogen and oxygen atoms in total. The van der Waals surface area contributed by atoms with Crippen molar-refractivity contribution in [3.8, 4) is 11.5 Å². The van der Waals surface area contributed by atoms with Crippen LogP contribution in [-0.4, -0.2) is 96.7 Å². The Morgan fingerprint density at radius 1 is 0.907 bits per heavy atom. The minimum Gasteiger partial charge on any atom is -0.505 e. The number of allylic oxidation sites excluding steroid dienone is 5. The summed E-state index contributed by atoms with van der Waals surface area (Å²) in [6.45, 7) is 12.1. The molecule has 1 fully saturated rings. The highest BCUT2D eigenvalue weighted by atomic mass is 16.7. The maximum atomic E-state index is 13.9. The van der Waals surface area contributed by atoms with Gasteiger partial charge in [-0.15, -0.1) is 0 Å². The second-order valence-electron chi connectivity index (χ2n) is 14.9. The second kappa shape index (κ2) is 14.5. The molecule has 1 aromatic rings. The first-order valence-electron chi connectivity index (χ1n) is 17.4. The summed E-state index contributed by atoms with van der Waals surface area (Å²) in [5.41, 5.74) is -4.31. The van der Waals surface area contributed by atoms with E-state index < -0.39 is 89.5 Å². The van der Waals surface area contributed by atoms with Crippen molar-refractivity contribution in [2.45, 2.75) is 97.9 Å². The fourth-order valence-electron chi connectivity index (χ4n) is 7.59. The Balaban J connectivity index is 1.80. The Bertz CT molecular complexity index is 1960. The van der Waals surface area contributed by atoms with Gasteiger partial charge in [0.25, 0.3) is 5.91 Å². The largest absolute Gasteiger partial charge is 0.505 e. The van der Waals surface area contributed by atoms with Crippen LogP contribution in [0, 0.1) is 24.7 Å². The number of ketones is 1. The third kappa shape index (κ3) is 6.86. The van der Waals surface area contributed by atoms with Gasteiger partial charge in [0, 0.05) is 41.0 Å². The summed E-state index contributed by atoms with van der Waals surface area (Å²) >= 11 is 0. The van der Waals surface area contributed by atoms with Gasteiger partial charge in [0.1, 0.15) is 40.5 Å². The van der Waals surface area contributed by atoms with E-state index in [4.69, 9.17) is 18.9 Å². The summed E-state index contributed by atoms with van der Waals surface area (Å²) in [5, 5.41) is 71.6. The molecule has 1 aromatic carbocycles. The first-order valence-corrected chi connectivity index (χ1v) is 17.4. The lowest BCUT2D eigenvalue weighted by Crippen LogP contribution is -2.60. The number of rotatable bonds is 1. The molecule has 6 heterocycles. The molecule has 1 aliphatic carbocycles. The quantitative estimate of drug-likeness (QED) is 0.124. The van der Waals surface area contributed by atoms with Gasteiger partial charge in [-0.3, -0.25) is 19.2 Å². The van der Waals surface area contributed by atoms with Crippen LogP contribution in [0.5, 0.6) is 11.5 Å². The predicted molar refractivity (Wildman–Crippen MR) is 191 cm³/mol. The van der Waals surface area contributed by atoms with Crippen LogP contribution in [0.1, 0.15) is 76.9 Å². The first kappa shape index (κ1) is 40.4. The summed E-state index contributed by atoms with van der Waals surface area (Å²) in [4.78, 5) is 53.3. The molecule has 6 bridgehead atoms. The van der Waals surface area contributed by atoms with E-state index in [1.54, 1.807) is 0 Å². The predicted octanol–water partition coefficient (Wildman–Crippen LogP) is 2.61. The van der Waals surface area contributed by atoms with E-state index >= 15 is 0 Å². The molecule has 7 aliphatic rings. The molecule has 0 saturated carbocycles. The minimum atomic E-state index is -2.15. The van der Waals surface area contributed by atoms with Gasteiger partial charge in [-0.05, 0) is 59.3 Å². The van der Waals surface area contributed by atoms with Crippen molar-refractivity contribution in [2.24, 2.45) is 17.8 Å². The van der Waals surface area contributed by atoms with Gasteiger partial charge < -0.3 is 54.9 Å². The average molecular weight is 754 g/mol. The van der Waals surface area contributed by atoms with Crippen LogP contribution in [0.3, 0.4) is 0 Å². The fraction of sp³-hybridized carbons (Fsp3) is 0.487. The SMILES string of the molecule is CC(=O)Oc1c(C)c2c(O)c3c1C1=C(OCOC1=C(C)C3=O)/C(C)=C/[C@](C)(O)[C@@H](O)[C@@H](C)[C@@H](O)[C@H]1C(=O)OC(C(C)[C@@H]1O)[C@@](C)(O)/C=C\C=C(/C)C(=O)N2. The number of aliphatic hydroxyl groups excluding tert-OH is 3. The third-order valence-corrected chi connectivity index (χ3v) is 10.7. The molecule has 0 radical (unpaired) electrons. The molecular weight excluding hydrogens is 706 g/mol. The Hall–Kier alpha value is -4.80. The van der Waals surface area contributed by atoms with E-state index in [0.717, 1.165) is 6.92 Å². The van der Waals surface area contributed by atoms with Crippen molar-refractivity contribution in [1.29, 1.82) is 0 Å². The summed E-state index contributed by atoms with van der Waals surface area (Å²) in [5.74, 6) is -7.85. The highest BCUT2D eigenvalue weighted by Gasteiger charge is 2.53. The number of phenolic OH excluding ortho intramolecular Hbond substituents is 1. The maximum absolute atomic E-state index is 13.9. The molecule has 6 aliphatic heterocycles. The van der Waals surface area contributed by atoms with Crippen LogP contribution in [0.15, 0.2) is 52.5 Å². The number of ether oxygens (including phenoxy) is 4. The number of esters is 2.